The molecule has 0 unspecified atom stereocenters. The van der Waals surface area contributed by atoms with E-state index < -0.39 is 0 Å². The van der Waals surface area contributed by atoms with Gasteiger partial charge in [0.15, 0.2) is 29.6 Å². The van der Waals surface area contributed by atoms with E-state index in [1.165, 1.54) is 0 Å². The number of carbonyl (C=O) groups excluding carboxylic acids is 2. The predicted octanol–water partition coefficient (Wildman–Crippen LogP) is 5.54. The van der Waals surface area contributed by atoms with Gasteiger partial charge in [0.1, 0.15) is 11.5 Å². The number of hydrogen-bond acceptors (Lipinski definition) is 6. The topological polar surface area (TPSA) is 71.1 Å². The number of hydrogen-bond donors (Lipinski definition) is 0. The summed E-state index contributed by atoms with van der Waals surface area (Å²) in [7, 11) is 3.10. The van der Waals surface area contributed by atoms with Crippen molar-refractivity contribution in [2.45, 2.75) is 6.92 Å². The van der Waals surface area contributed by atoms with Gasteiger partial charge in [0.2, 0.25) is 5.78 Å². The molecule has 0 saturated carbocycles. The molecule has 0 aliphatic carbocycles. The second-order valence-corrected chi connectivity index (χ2v) is 7.77. The number of fused-ring (bicyclic) bond motifs is 1. The second kappa shape index (κ2) is 9.38. The third kappa shape index (κ3) is 4.56. The van der Waals surface area contributed by atoms with Gasteiger partial charge in [-0.2, -0.15) is 0 Å². The Morgan fingerprint density at radius 2 is 1.67 bits per heavy atom. The van der Waals surface area contributed by atoms with E-state index in [9.17, 15) is 9.59 Å². The maximum Gasteiger partial charge on any atom is 0.231 e. The summed E-state index contributed by atoms with van der Waals surface area (Å²) in [5.74, 6) is 1.80. The van der Waals surface area contributed by atoms with Crippen LogP contribution in [0.4, 0.5) is 0 Å². The average Bonchev–Trinajstić information content (AvgIpc) is 3.14. The number of halogens is 1. The van der Waals surface area contributed by atoms with Crippen LogP contribution in [-0.2, 0) is 0 Å². The van der Waals surface area contributed by atoms with Gasteiger partial charge in [-0.1, -0.05) is 17.7 Å². The second-order valence-electron chi connectivity index (χ2n) is 7.34. The Bertz CT molecular complexity index is 1260. The number of carbonyl (C=O) groups is 2. The van der Waals surface area contributed by atoms with Crippen LogP contribution >= 0.6 is 11.6 Å². The van der Waals surface area contributed by atoms with Gasteiger partial charge in [-0.3, -0.25) is 9.59 Å². The first kappa shape index (κ1) is 22.4. The SMILES string of the molecule is COc1ccc(/C=C2\Oc3c(ccc(OCC(=O)c4ccc(Cl)cc4)c3C)C2=O)cc1OC. The molecule has 1 aliphatic heterocycles. The Balaban J connectivity index is 1.53. The molecule has 1 aliphatic rings. The molecule has 168 valence electrons. The van der Waals surface area contributed by atoms with Crippen LogP contribution in [0, 0.1) is 6.92 Å². The number of ketones is 2. The van der Waals surface area contributed by atoms with Crippen LogP contribution in [0.3, 0.4) is 0 Å². The minimum absolute atomic E-state index is 0.149. The lowest BCUT2D eigenvalue weighted by Crippen LogP contribution is -2.12. The highest BCUT2D eigenvalue weighted by Crippen LogP contribution is 2.39. The number of Topliss-reactive ketones (excluding diaryl/α,β-unsaturated/α-hetero) is 2. The lowest BCUT2D eigenvalue weighted by Gasteiger charge is -2.11. The quantitative estimate of drug-likeness (QED) is 0.337. The molecule has 4 rings (SSSR count). The molecule has 0 atom stereocenters. The molecule has 0 bridgehead atoms. The molecule has 0 aromatic heterocycles. The van der Waals surface area contributed by atoms with E-state index in [2.05, 4.69) is 0 Å². The molecular weight excluding hydrogens is 444 g/mol. The van der Waals surface area contributed by atoms with Crippen LogP contribution in [0.25, 0.3) is 6.08 Å². The van der Waals surface area contributed by atoms with Crippen molar-refractivity contribution in [2.24, 2.45) is 0 Å². The van der Waals surface area contributed by atoms with Gasteiger partial charge in [0.25, 0.3) is 0 Å². The molecule has 0 fully saturated rings. The van der Waals surface area contributed by atoms with Crippen LogP contribution in [0.2, 0.25) is 5.02 Å². The maximum atomic E-state index is 12.9. The van der Waals surface area contributed by atoms with Gasteiger partial charge in [-0.25, -0.2) is 0 Å². The van der Waals surface area contributed by atoms with Crippen LogP contribution in [0.1, 0.15) is 31.8 Å². The molecule has 0 radical (unpaired) electrons. The fraction of sp³-hybridized carbons (Fsp3) is 0.154. The van der Waals surface area contributed by atoms with E-state index in [4.69, 9.17) is 30.5 Å². The first-order valence-corrected chi connectivity index (χ1v) is 10.5. The van der Waals surface area contributed by atoms with Crippen molar-refractivity contribution in [3.05, 3.63) is 87.6 Å². The van der Waals surface area contributed by atoms with Gasteiger partial charge in [-0.05, 0) is 67.1 Å². The lowest BCUT2D eigenvalue weighted by molar-refractivity contribution is 0.0920. The van der Waals surface area contributed by atoms with Gasteiger partial charge in [0, 0.05) is 16.1 Å². The zero-order valence-corrected chi connectivity index (χ0v) is 19.1. The van der Waals surface area contributed by atoms with E-state index in [0.717, 1.165) is 5.56 Å². The number of rotatable bonds is 7. The van der Waals surface area contributed by atoms with Crippen LogP contribution < -0.4 is 18.9 Å². The number of benzene rings is 3. The summed E-state index contributed by atoms with van der Waals surface area (Å²) in [6.45, 7) is 1.64. The summed E-state index contributed by atoms with van der Waals surface area (Å²) in [5.41, 5.74) is 2.31. The fourth-order valence-electron chi connectivity index (χ4n) is 3.48. The van der Waals surface area contributed by atoms with Gasteiger partial charge in [-0.15, -0.1) is 0 Å². The Morgan fingerprint density at radius 3 is 2.36 bits per heavy atom. The van der Waals surface area contributed by atoms with Crippen LogP contribution in [0.5, 0.6) is 23.0 Å². The molecule has 0 amide bonds. The monoisotopic (exact) mass is 464 g/mol. The average molecular weight is 465 g/mol. The van der Waals surface area contributed by atoms with Crippen molar-refractivity contribution in [1.82, 2.24) is 0 Å². The summed E-state index contributed by atoms with van der Waals surface area (Å²) in [6.07, 6.45) is 1.65. The highest BCUT2D eigenvalue weighted by molar-refractivity contribution is 6.30. The largest absolute Gasteiger partial charge is 0.493 e. The van der Waals surface area contributed by atoms with Crippen molar-refractivity contribution in [2.75, 3.05) is 20.8 Å². The van der Waals surface area contributed by atoms with Crippen molar-refractivity contribution in [3.8, 4) is 23.0 Å². The predicted molar refractivity (Wildman–Crippen MR) is 125 cm³/mol. The summed E-state index contributed by atoms with van der Waals surface area (Å²) in [4.78, 5) is 25.3. The van der Waals surface area contributed by atoms with Gasteiger partial charge >= 0.3 is 0 Å². The Hall–Kier alpha value is -3.77. The van der Waals surface area contributed by atoms with Crippen LogP contribution in [-0.4, -0.2) is 32.4 Å². The molecule has 0 N–H and O–H groups in total. The van der Waals surface area contributed by atoms with E-state index >= 15 is 0 Å². The molecule has 7 heteroatoms. The van der Waals surface area contributed by atoms with Crippen molar-refractivity contribution >= 4 is 29.2 Å². The van der Waals surface area contributed by atoms with E-state index in [0.29, 0.717) is 44.7 Å². The number of ether oxygens (including phenoxy) is 4. The molecule has 0 spiro atoms. The zero-order chi connectivity index (χ0) is 23.5. The molecule has 3 aromatic rings. The van der Waals surface area contributed by atoms with Crippen LogP contribution in [0.15, 0.2) is 60.4 Å². The van der Waals surface area contributed by atoms with E-state index in [1.54, 1.807) is 81.8 Å². The van der Waals surface area contributed by atoms with Crippen molar-refractivity contribution in [3.63, 3.8) is 0 Å². The first-order valence-electron chi connectivity index (χ1n) is 10.1. The number of allylic oxidation sites excluding steroid dienone is 1. The molecule has 6 nitrogen and oxygen atoms in total. The summed E-state index contributed by atoms with van der Waals surface area (Å²) in [5, 5.41) is 0.556. The molecular formula is C26H21ClO6. The molecule has 3 aromatic carbocycles. The van der Waals surface area contributed by atoms with Crippen molar-refractivity contribution in [1.29, 1.82) is 0 Å². The third-order valence-electron chi connectivity index (χ3n) is 5.27. The van der Waals surface area contributed by atoms with E-state index in [-0.39, 0.29) is 23.9 Å². The summed E-state index contributed by atoms with van der Waals surface area (Å²) in [6, 6.07) is 15.2. The minimum atomic E-state index is -0.230. The first-order chi connectivity index (χ1) is 15.9. The zero-order valence-electron chi connectivity index (χ0n) is 18.3. The summed E-state index contributed by atoms with van der Waals surface area (Å²) >= 11 is 5.87. The minimum Gasteiger partial charge on any atom is -0.493 e. The van der Waals surface area contributed by atoms with E-state index in [1.807, 2.05) is 0 Å². The maximum absolute atomic E-state index is 12.9. The summed E-state index contributed by atoms with van der Waals surface area (Å²) < 4.78 is 22.2. The van der Waals surface area contributed by atoms with Gasteiger partial charge in [0.05, 0.1) is 19.8 Å². The molecule has 0 saturated heterocycles. The van der Waals surface area contributed by atoms with Gasteiger partial charge < -0.3 is 18.9 Å². The Kier molecular flexibility index (Phi) is 6.38. The number of methoxy groups -OCH3 is 2. The standard InChI is InChI=1S/C26H21ClO6/c1-15-21(32-14-20(28)17-5-7-18(27)8-6-17)11-9-19-25(29)24(33-26(15)19)13-16-4-10-22(30-2)23(12-16)31-3/h4-13H,14H2,1-3H3/b24-13-. The molecule has 1 heterocycles. The fourth-order valence-corrected chi connectivity index (χ4v) is 3.61. The smallest absolute Gasteiger partial charge is 0.231 e. The Labute approximate surface area is 196 Å². The lowest BCUT2D eigenvalue weighted by atomic mass is 10.1. The highest BCUT2D eigenvalue weighted by Gasteiger charge is 2.30. The Morgan fingerprint density at radius 1 is 0.970 bits per heavy atom. The van der Waals surface area contributed by atoms with Crippen molar-refractivity contribution < 1.29 is 28.5 Å². The normalized spacial score (nSPS) is 13.5. The third-order valence-corrected chi connectivity index (χ3v) is 5.52. The highest BCUT2D eigenvalue weighted by atomic mass is 35.5. The molecule has 33 heavy (non-hydrogen) atoms.